The van der Waals surface area contributed by atoms with Gasteiger partial charge in [-0.2, -0.15) is 0 Å². The third-order valence-corrected chi connectivity index (χ3v) is 5.94. The van der Waals surface area contributed by atoms with E-state index in [-0.39, 0.29) is 23.8 Å². The lowest BCUT2D eigenvalue weighted by Crippen LogP contribution is -2.39. The molecule has 0 fully saturated rings. The number of carboxylic acids is 1. The summed E-state index contributed by atoms with van der Waals surface area (Å²) in [7, 11) is 0. The van der Waals surface area contributed by atoms with E-state index in [4.69, 9.17) is 0 Å². The summed E-state index contributed by atoms with van der Waals surface area (Å²) in [5.41, 5.74) is 4.55. The van der Waals surface area contributed by atoms with Gasteiger partial charge >= 0.3 is 5.97 Å². The molecule has 0 saturated heterocycles. The first kappa shape index (κ1) is 25.0. The number of carbonyl (C=O) groups is 2. The van der Waals surface area contributed by atoms with Crippen molar-refractivity contribution in [2.24, 2.45) is 5.92 Å². The number of aryl methyl sites for hydroxylation is 1. The van der Waals surface area contributed by atoms with Crippen LogP contribution in [0.5, 0.6) is 0 Å². The van der Waals surface area contributed by atoms with Crippen LogP contribution in [-0.4, -0.2) is 21.6 Å². The van der Waals surface area contributed by atoms with Gasteiger partial charge in [0.1, 0.15) is 6.04 Å². The van der Waals surface area contributed by atoms with Gasteiger partial charge in [0.05, 0.1) is 12.5 Å². The first-order chi connectivity index (χ1) is 16.2. The summed E-state index contributed by atoms with van der Waals surface area (Å²) in [5.74, 6) is -1.23. The van der Waals surface area contributed by atoms with Gasteiger partial charge in [-0.3, -0.25) is 14.4 Å². The molecule has 0 bridgehead atoms. The minimum Gasteiger partial charge on any atom is -0.481 e. The van der Waals surface area contributed by atoms with Crippen LogP contribution in [0.2, 0.25) is 0 Å². The number of nitrogens with zero attached hydrogens (tertiary/aromatic N) is 1. The second kappa shape index (κ2) is 11.0. The molecule has 0 saturated carbocycles. The topological polar surface area (TPSA) is 88.4 Å². The zero-order chi connectivity index (χ0) is 24.8. The molecule has 0 unspecified atom stereocenters. The van der Waals surface area contributed by atoms with Gasteiger partial charge in [0, 0.05) is 12.3 Å². The maximum absolute atomic E-state index is 13.4. The number of carboxylic acid groups (broad SMARTS) is 1. The Morgan fingerprint density at radius 2 is 1.94 bits per heavy atom. The Kier molecular flexibility index (Phi) is 8.05. The molecule has 1 aliphatic carbocycles. The summed E-state index contributed by atoms with van der Waals surface area (Å²) in [6.07, 6.45) is 8.62. The van der Waals surface area contributed by atoms with Gasteiger partial charge in [0.25, 0.3) is 5.56 Å². The highest BCUT2D eigenvalue weighted by molar-refractivity contribution is 5.82. The van der Waals surface area contributed by atoms with Crippen LogP contribution in [0.1, 0.15) is 61.9 Å². The molecule has 1 aliphatic rings. The number of aromatic nitrogens is 1. The van der Waals surface area contributed by atoms with E-state index in [1.165, 1.54) is 10.6 Å². The monoisotopic (exact) mass is 460 g/mol. The minimum atomic E-state index is -1.02. The molecule has 6 nitrogen and oxygen atoms in total. The molecule has 178 valence electrons. The van der Waals surface area contributed by atoms with E-state index in [9.17, 15) is 19.5 Å². The molecule has 6 heteroatoms. The Labute approximate surface area is 200 Å². The maximum Gasteiger partial charge on any atom is 0.305 e. The molecule has 1 amide bonds. The number of rotatable bonds is 9. The second-order valence-corrected chi connectivity index (χ2v) is 9.18. The van der Waals surface area contributed by atoms with Gasteiger partial charge in [-0.25, -0.2) is 0 Å². The highest BCUT2D eigenvalue weighted by Gasteiger charge is 2.27. The third-order valence-electron chi connectivity index (χ3n) is 5.94. The molecule has 1 aromatic heterocycles. The largest absolute Gasteiger partial charge is 0.481 e. The van der Waals surface area contributed by atoms with Crippen LogP contribution in [0, 0.1) is 12.8 Å². The van der Waals surface area contributed by atoms with Crippen LogP contribution in [0.15, 0.2) is 77.8 Å². The zero-order valence-corrected chi connectivity index (χ0v) is 20.0. The normalized spacial score (nSPS) is 15.1. The predicted octanol–water partition coefficient (Wildman–Crippen LogP) is 4.98. The summed E-state index contributed by atoms with van der Waals surface area (Å²) < 4.78 is 1.41. The lowest BCUT2D eigenvalue weighted by molar-refractivity contribution is -0.138. The summed E-state index contributed by atoms with van der Waals surface area (Å²) in [4.78, 5) is 37.5. The Bertz CT molecular complexity index is 1200. The third kappa shape index (κ3) is 6.22. The molecule has 3 rings (SSSR count). The quantitative estimate of drug-likeness (QED) is 0.553. The smallest absolute Gasteiger partial charge is 0.305 e. The number of hydrogen-bond acceptors (Lipinski definition) is 3. The molecule has 2 atom stereocenters. The van der Waals surface area contributed by atoms with E-state index >= 15 is 0 Å². The highest BCUT2D eigenvalue weighted by atomic mass is 16.4. The minimum absolute atomic E-state index is 0.159. The van der Waals surface area contributed by atoms with Crippen molar-refractivity contribution in [3.63, 3.8) is 0 Å². The van der Waals surface area contributed by atoms with Crippen LogP contribution in [0.4, 0.5) is 0 Å². The molecule has 34 heavy (non-hydrogen) atoms. The Morgan fingerprint density at radius 1 is 1.18 bits per heavy atom. The zero-order valence-electron chi connectivity index (χ0n) is 20.0. The maximum atomic E-state index is 13.4. The van der Waals surface area contributed by atoms with Crippen molar-refractivity contribution in [3.05, 3.63) is 100 Å². The van der Waals surface area contributed by atoms with Gasteiger partial charge in [0.15, 0.2) is 0 Å². The van der Waals surface area contributed by atoms with Crippen molar-refractivity contribution >= 4 is 17.4 Å². The molecule has 0 spiro atoms. The van der Waals surface area contributed by atoms with Crippen LogP contribution in [-0.2, 0) is 9.59 Å². The van der Waals surface area contributed by atoms with Gasteiger partial charge in [-0.05, 0) is 60.1 Å². The lowest BCUT2D eigenvalue weighted by atomic mass is 9.91. The van der Waals surface area contributed by atoms with Gasteiger partial charge in [-0.1, -0.05) is 62.4 Å². The highest BCUT2D eigenvalue weighted by Crippen LogP contribution is 2.29. The van der Waals surface area contributed by atoms with Crippen LogP contribution in [0.3, 0.4) is 0 Å². The van der Waals surface area contributed by atoms with Crippen molar-refractivity contribution in [2.45, 2.75) is 52.1 Å². The molecule has 1 heterocycles. The summed E-state index contributed by atoms with van der Waals surface area (Å²) >= 11 is 0. The van der Waals surface area contributed by atoms with Gasteiger partial charge in [0.2, 0.25) is 5.91 Å². The summed E-state index contributed by atoms with van der Waals surface area (Å²) in [5, 5.41) is 12.5. The molecule has 0 aliphatic heterocycles. The number of amides is 1. The van der Waals surface area contributed by atoms with Crippen molar-refractivity contribution in [1.29, 1.82) is 0 Å². The van der Waals surface area contributed by atoms with E-state index in [1.54, 1.807) is 18.3 Å². The molecular formula is C28H32N2O4. The van der Waals surface area contributed by atoms with Crippen LogP contribution < -0.4 is 10.9 Å². The standard InChI is InChI=1S/C28H32N2O4/c1-18(2)15-25(30-14-6-5-7-26(30)31)28(34)29-24(17-27(32)33)22-13-10-20(4)23(16-22)21-11-8-19(3)9-12-21/h5-8,10-14,16,18,24-25H,3,9,15,17H2,1-2,4H3,(H,29,34)(H,32,33)/t24-,25-/m0/s1. The SMILES string of the molecule is C=C1C=CC(c2cc([C@H](CC(=O)O)NC(=O)[C@H](CC(C)C)n3ccccc3=O)ccc2C)=CC1. The number of allylic oxidation sites excluding steroid dienone is 5. The predicted molar refractivity (Wildman–Crippen MR) is 134 cm³/mol. The van der Waals surface area contributed by atoms with Crippen molar-refractivity contribution in [3.8, 4) is 0 Å². The average molecular weight is 461 g/mol. The fraction of sp³-hybridized carbons (Fsp3) is 0.321. The summed E-state index contributed by atoms with van der Waals surface area (Å²) in [6, 6.07) is 9.03. The van der Waals surface area contributed by atoms with Crippen molar-refractivity contribution < 1.29 is 14.7 Å². The van der Waals surface area contributed by atoms with Crippen LogP contribution >= 0.6 is 0 Å². The van der Waals surface area contributed by atoms with E-state index in [1.807, 2.05) is 51.1 Å². The van der Waals surface area contributed by atoms with E-state index in [2.05, 4.69) is 18.0 Å². The molecule has 2 aromatic rings. The van der Waals surface area contributed by atoms with E-state index < -0.39 is 18.1 Å². The molecule has 2 N–H and O–H groups in total. The molecular weight excluding hydrogens is 428 g/mol. The van der Waals surface area contributed by atoms with Crippen molar-refractivity contribution in [1.82, 2.24) is 9.88 Å². The number of aliphatic carboxylic acids is 1. The van der Waals surface area contributed by atoms with Gasteiger partial charge in [-0.15, -0.1) is 0 Å². The first-order valence-electron chi connectivity index (χ1n) is 11.5. The lowest BCUT2D eigenvalue weighted by Gasteiger charge is -2.25. The molecule has 0 radical (unpaired) electrons. The first-order valence-corrected chi connectivity index (χ1v) is 11.5. The number of nitrogens with one attached hydrogen (secondary N) is 1. The Hall–Kier alpha value is -3.67. The summed E-state index contributed by atoms with van der Waals surface area (Å²) in [6.45, 7) is 9.94. The number of benzene rings is 1. The average Bonchev–Trinajstić information content (AvgIpc) is 2.78. The number of carbonyl (C=O) groups excluding carboxylic acids is 1. The van der Waals surface area contributed by atoms with Gasteiger partial charge < -0.3 is 15.0 Å². The number of hydrogen-bond donors (Lipinski definition) is 2. The van der Waals surface area contributed by atoms with Crippen molar-refractivity contribution in [2.75, 3.05) is 0 Å². The number of pyridine rings is 1. The molecule has 1 aromatic carbocycles. The van der Waals surface area contributed by atoms with E-state index in [0.717, 1.165) is 28.7 Å². The fourth-order valence-electron chi connectivity index (χ4n) is 4.14. The second-order valence-electron chi connectivity index (χ2n) is 9.18. The Morgan fingerprint density at radius 3 is 2.56 bits per heavy atom. The van der Waals surface area contributed by atoms with E-state index in [0.29, 0.717) is 12.0 Å². The fourth-order valence-corrected chi connectivity index (χ4v) is 4.14. The van der Waals surface area contributed by atoms with Crippen LogP contribution in [0.25, 0.3) is 5.57 Å². The Balaban J connectivity index is 1.95.